The molecule has 1 fully saturated rings. The van der Waals surface area contributed by atoms with Crippen molar-refractivity contribution in [2.24, 2.45) is 4.99 Å². The summed E-state index contributed by atoms with van der Waals surface area (Å²) < 4.78 is 11.4. The fraction of sp³-hybridized carbons (Fsp3) is 0.214. The zero-order valence-corrected chi connectivity index (χ0v) is 22.8. The second kappa shape index (κ2) is 11.4. The van der Waals surface area contributed by atoms with E-state index in [2.05, 4.69) is 0 Å². The molecule has 5 nitrogen and oxygen atoms in total. The lowest BCUT2D eigenvalue weighted by molar-refractivity contribution is -0.113. The van der Waals surface area contributed by atoms with Gasteiger partial charge in [-0.1, -0.05) is 41.4 Å². The van der Waals surface area contributed by atoms with Gasteiger partial charge in [0.25, 0.3) is 5.91 Å². The fourth-order valence-electron chi connectivity index (χ4n) is 3.57. The number of carbonyl (C=O) groups is 1. The molecule has 0 N–H and O–H groups in total. The number of thioether (sulfide) groups is 1. The van der Waals surface area contributed by atoms with Gasteiger partial charge >= 0.3 is 0 Å². The van der Waals surface area contributed by atoms with Crippen molar-refractivity contribution in [3.8, 4) is 11.5 Å². The van der Waals surface area contributed by atoms with Crippen LogP contribution in [0.2, 0.25) is 10.0 Å². The van der Waals surface area contributed by atoms with E-state index in [0.29, 0.717) is 56.2 Å². The summed E-state index contributed by atoms with van der Waals surface area (Å²) in [6.45, 7) is 8.73. The summed E-state index contributed by atoms with van der Waals surface area (Å²) in [7, 11) is 0. The molecule has 3 aromatic carbocycles. The van der Waals surface area contributed by atoms with Crippen molar-refractivity contribution >= 4 is 63.5 Å². The van der Waals surface area contributed by atoms with E-state index >= 15 is 0 Å². The van der Waals surface area contributed by atoms with Gasteiger partial charge in [-0.15, -0.1) is 0 Å². The Kier molecular flexibility index (Phi) is 8.29. The third kappa shape index (κ3) is 5.72. The summed E-state index contributed by atoms with van der Waals surface area (Å²) in [5.74, 6) is 1.11. The van der Waals surface area contributed by atoms with Crippen LogP contribution in [0.1, 0.15) is 30.5 Å². The lowest BCUT2D eigenvalue weighted by Crippen LogP contribution is -2.28. The molecule has 1 aliphatic heterocycles. The van der Waals surface area contributed by atoms with Crippen LogP contribution in [0, 0.1) is 13.8 Å². The number of rotatable bonds is 7. The molecular weight excluding hydrogens is 515 g/mol. The van der Waals surface area contributed by atoms with Crippen LogP contribution in [0.3, 0.4) is 0 Å². The van der Waals surface area contributed by atoms with Crippen LogP contribution in [0.5, 0.6) is 11.5 Å². The van der Waals surface area contributed by atoms with Crippen molar-refractivity contribution < 1.29 is 14.3 Å². The van der Waals surface area contributed by atoms with Crippen molar-refractivity contribution in [3.63, 3.8) is 0 Å². The van der Waals surface area contributed by atoms with Gasteiger partial charge in [-0.05, 0) is 98.6 Å². The maximum Gasteiger partial charge on any atom is 0.271 e. The molecule has 0 bridgehead atoms. The SMILES string of the molecule is CCOc1ccc(/C=C2/SC(=Nc3ccc(C)c(Cl)c3)N(c3ccc(C)c(Cl)c3)C2=O)cc1OCC. The summed E-state index contributed by atoms with van der Waals surface area (Å²) in [4.78, 5) is 20.5. The van der Waals surface area contributed by atoms with E-state index < -0.39 is 0 Å². The Morgan fingerprint density at radius 2 is 1.56 bits per heavy atom. The fourth-order valence-corrected chi connectivity index (χ4v) is 4.92. The van der Waals surface area contributed by atoms with Gasteiger partial charge in [0.2, 0.25) is 0 Å². The van der Waals surface area contributed by atoms with Gasteiger partial charge < -0.3 is 9.47 Å². The van der Waals surface area contributed by atoms with E-state index in [-0.39, 0.29) is 5.91 Å². The summed E-state index contributed by atoms with van der Waals surface area (Å²) in [5, 5.41) is 1.71. The standard InChI is InChI=1S/C28H26Cl2N2O3S/c1-5-34-24-12-9-19(13-25(24)35-6-2)14-26-27(33)32(21-11-8-18(4)23(30)16-21)28(36-26)31-20-10-7-17(3)22(29)15-20/h7-16H,5-6H2,1-4H3/b26-14+,31-28?. The lowest BCUT2D eigenvalue weighted by atomic mass is 10.1. The first-order chi connectivity index (χ1) is 17.3. The molecule has 36 heavy (non-hydrogen) atoms. The van der Waals surface area contributed by atoms with E-state index in [0.717, 1.165) is 16.7 Å². The highest BCUT2D eigenvalue weighted by atomic mass is 35.5. The maximum atomic E-state index is 13.6. The Morgan fingerprint density at radius 3 is 2.22 bits per heavy atom. The smallest absolute Gasteiger partial charge is 0.271 e. The minimum atomic E-state index is -0.191. The molecule has 0 spiro atoms. The quantitative estimate of drug-likeness (QED) is 0.283. The predicted octanol–water partition coefficient (Wildman–Crippen LogP) is 8.22. The number of anilines is 1. The van der Waals surface area contributed by atoms with E-state index in [1.54, 1.807) is 17.0 Å². The highest BCUT2D eigenvalue weighted by Crippen LogP contribution is 2.39. The average Bonchev–Trinajstić information content (AvgIpc) is 3.14. The average molecular weight is 542 g/mol. The summed E-state index contributed by atoms with van der Waals surface area (Å²) in [5.41, 5.74) is 4.01. The Hall–Kier alpha value is -2.93. The summed E-state index contributed by atoms with van der Waals surface area (Å²) in [6.07, 6.45) is 1.83. The molecule has 1 amide bonds. The van der Waals surface area contributed by atoms with Crippen molar-refractivity contribution in [2.75, 3.05) is 18.1 Å². The monoisotopic (exact) mass is 540 g/mol. The van der Waals surface area contributed by atoms with Crippen LogP contribution in [-0.4, -0.2) is 24.3 Å². The number of amidine groups is 1. The Bertz CT molecular complexity index is 1370. The van der Waals surface area contributed by atoms with Crippen LogP contribution < -0.4 is 14.4 Å². The Balaban J connectivity index is 1.77. The lowest BCUT2D eigenvalue weighted by Gasteiger charge is -2.16. The number of hydrogen-bond donors (Lipinski definition) is 0. The van der Waals surface area contributed by atoms with Gasteiger partial charge in [0.05, 0.1) is 29.5 Å². The number of aliphatic imine (C=N–C) groups is 1. The zero-order valence-electron chi connectivity index (χ0n) is 20.5. The normalized spacial score (nSPS) is 15.7. The first-order valence-electron chi connectivity index (χ1n) is 11.5. The van der Waals surface area contributed by atoms with Gasteiger partial charge in [0.15, 0.2) is 16.7 Å². The molecule has 186 valence electrons. The minimum absolute atomic E-state index is 0.191. The molecule has 1 aliphatic rings. The molecule has 0 unspecified atom stereocenters. The van der Waals surface area contributed by atoms with Crippen molar-refractivity contribution in [1.82, 2.24) is 0 Å². The Labute approximate surface area is 225 Å². The third-order valence-electron chi connectivity index (χ3n) is 5.47. The third-order valence-corrected chi connectivity index (χ3v) is 7.25. The molecule has 4 rings (SSSR count). The topological polar surface area (TPSA) is 51.1 Å². The van der Waals surface area contributed by atoms with Crippen LogP contribution in [0.25, 0.3) is 6.08 Å². The molecule has 0 atom stereocenters. The van der Waals surface area contributed by atoms with E-state index in [9.17, 15) is 4.79 Å². The highest BCUT2D eigenvalue weighted by Gasteiger charge is 2.35. The number of benzene rings is 3. The van der Waals surface area contributed by atoms with Crippen LogP contribution in [0.15, 0.2) is 64.5 Å². The van der Waals surface area contributed by atoms with E-state index in [1.165, 1.54) is 11.8 Å². The molecule has 0 saturated carbocycles. The molecule has 1 saturated heterocycles. The van der Waals surface area contributed by atoms with Gasteiger partial charge in [-0.3, -0.25) is 9.69 Å². The second-order valence-electron chi connectivity index (χ2n) is 8.08. The zero-order chi connectivity index (χ0) is 25.8. The molecule has 0 aromatic heterocycles. The van der Waals surface area contributed by atoms with Gasteiger partial charge in [-0.2, -0.15) is 0 Å². The number of ether oxygens (including phenoxy) is 2. The van der Waals surface area contributed by atoms with Crippen molar-refractivity contribution in [1.29, 1.82) is 0 Å². The second-order valence-corrected chi connectivity index (χ2v) is 9.91. The first kappa shape index (κ1) is 26.1. The predicted molar refractivity (Wildman–Crippen MR) is 151 cm³/mol. The summed E-state index contributed by atoms with van der Waals surface area (Å²) in [6, 6.07) is 16.7. The number of carbonyl (C=O) groups excluding carboxylic acids is 1. The molecule has 0 radical (unpaired) electrons. The minimum Gasteiger partial charge on any atom is -0.490 e. The van der Waals surface area contributed by atoms with Crippen LogP contribution in [-0.2, 0) is 4.79 Å². The number of hydrogen-bond acceptors (Lipinski definition) is 5. The Morgan fingerprint density at radius 1 is 0.889 bits per heavy atom. The number of amides is 1. The van der Waals surface area contributed by atoms with Crippen molar-refractivity contribution in [3.05, 3.63) is 86.2 Å². The molecule has 8 heteroatoms. The van der Waals surface area contributed by atoms with Gasteiger partial charge in [-0.25, -0.2) is 4.99 Å². The first-order valence-corrected chi connectivity index (χ1v) is 13.1. The molecule has 1 heterocycles. The van der Waals surface area contributed by atoms with Gasteiger partial charge in [0, 0.05) is 10.0 Å². The van der Waals surface area contributed by atoms with E-state index in [4.69, 9.17) is 37.7 Å². The van der Waals surface area contributed by atoms with Crippen LogP contribution >= 0.6 is 35.0 Å². The summed E-state index contributed by atoms with van der Waals surface area (Å²) >= 11 is 14.0. The van der Waals surface area contributed by atoms with E-state index in [1.807, 2.05) is 76.2 Å². The number of aryl methyl sites for hydroxylation is 2. The highest BCUT2D eigenvalue weighted by molar-refractivity contribution is 8.19. The molecular formula is C28H26Cl2N2O3S. The number of nitrogens with zero attached hydrogens (tertiary/aromatic N) is 2. The molecule has 3 aromatic rings. The maximum absolute atomic E-state index is 13.6. The van der Waals surface area contributed by atoms with Crippen LogP contribution in [0.4, 0.5) is 11.4 Å². The van der Waals surface area contributed by atoms with Crippen molar-refractivity contribution in [2.45, 2.75) is 27.7 Å². The largest absolute Gasteiger partial charge is 0.490 e. The van der Waals surface area contributed by atoms with Gasteiger partial charge in [0.1, 0.15) is 0 Å². The number of halogens is 2. The molecule has 0 aliphatic carbocycles.